The van der Waals surface area contributed by atoms with Gasteiger partial charge in [-0.05, 0) is 29.8 Å². The number of carbonyl (C=O) groups is 1. The van der Waals surface area contributed by atoms with E-state index < -0.39 is 6.10 Å². The van der Waals surface area contributed by atoms with E-state index in [4.69, 9.17) is 4.74 Å². The third-order valence-corrected chi connectivity index (χ3v) is 3.81. The number of fused-ring (bicyclic) bond motifs is 2. The van der Waals surface area contributed by atoms with Crippen LogP contribution in [0, 0.1) is 0 Å². The Hall–Kier alpha value is -2.33. The number of ether oxygens (including phenoxy) is 1. The number of amides is 1. The molecular formula is C16H13NO3. The summed E-state index contributed by atoms with van der Waals surface area (Å²) < 4.78 is 5.43. The van der Waals surface area contributed by atoms with Crippen LogP contribution in [0.4, 0.5) is 11.4 Å². The molecule has 2 aromatic carbocycles. The van der Waals surface area contributed by atoms with E-state index in [-0.39, 0.29) is 12.5 Å². The summed E-state index contributed by atoms with van der Waals surface area (Å²) in [7, 11) is 0. The van der Waals surface area contributed by atoms with Crippen molar-refractivity contribution in [2.24, 2.45) is 0 Å². The molecule has 0 saturated heterocycles. The maximum atomic E-state index is 12.3. The number of anilines is 2. The van der Waals surface area contributed by atoms with E-state index in [2.05, 4.69) is 0 Å². The van der Waals surface area contributed by atoms with Crippen LogP contribution in [-0.2, 0) is 11.2 Å². The molecular weight excluding hydrogens is 254 g/mol. The largest absolute Gasteiger partial charge is 0.490 e. The van der Waals surface area contributed by atoms with Crippen molar-refractivity contribution in [2.45, 2.75) is 12.5 Å². The molecule has 100 valence electrons. The summed E-state index contributed by atoms with van der Waals surface area (Å²) >= 11 is 0. The Morgan fingerprint density at radius 2 is 2.00 bits per heavy atom. The Kier molecular flexibility index (Phi) is 2.35. The van der Waals surface area contributed by atoms with Crippen LogP contribution >= 0.6 is 0 Å². The Morgan fingerprint density at radius 1 is 1.20 bits per heavy atom. The van der Waals surface area contributed by atoms with Crippen molar-refractivity contribution in [3.63, 3.8) is 0 Å². The fourth-order valence-corrected chi connectivity index (χ4v) is 2.86. The highest BCUT2D eigenvalue weighted by Gasteiger charge is 2.33. The summed E-state index contributed by atoms with van der Waals surface area (Å²) in [5.74, 6) is 0.739. The number of nitrogens with zero attached hydrogens (tertiary/aromatic N) is 1. The molecule has 0 saturated carbocycles. The topological polar surface area (TPSA) is 49.8 Å². The molecule has 2 aliphatic rings. The number of benzene rings is 2. The Bertz CT molecular complexity index is 696. The van der Waals surface area contributed by atoms with Gasteiger partial charge in [0.25, 0.3) is 0 Å². The molecule has 4 rings (SSSR count). The first kappa shape index (κ1) is 11.5. The predicted octanol–water partition coefficient (Wildman–Crippen LogP) is 2.33. The molecule has 4 heteroatoms. The first-order valence-electron chi connectivity index (χ1n) is 6.60. The molecule has 2 aromatic rings. The van der Waals surface area contributed by atoms with Gasteiger partial charge < -0.3 is 9.84 Å². The van der Waals surface area contributed by atoms with E-state index in [1.165, 1.54) is 0 Å². The van der Waals surface area contributed by atoms with Crippen molar-refractivity contribution in [1.29, 1.82) is 0 Å². The minimum absolute atomic E-state index is 0.0457. The van der Waals surface area contributed by atoms with Gasteiger partial charge in [-0.2, -0.15) is 0 Å². The SMILES string of the molecule is O=C1Cc2cc3c(cc2N1c1ccccc1)C(O)CO3. The highest BCUT2D eigenvalue weighted by Crippen LogP contribution is 2.43. The second kappa shape index (κ2) is 4.08. The van der Waals surface area contributed by atoms with Crippen molar-refractivity contribution in [1.82, 2.24) is 0 Å². The lowest BCUT2D eigenvalue weighted by Gasteiger charge is -2.18. The molecule has 1 amide bonds. The molecule has 0 fully saturated rings. The lowest BCUT2D eigenvalue weighted by atomic mass is 10.1. The quantitative estimate of drug-likeness (QED) is 0.862. The van der Waals surface area contributed by atoms with Gasteiger partial charge in [0.05, 0.1) is 12.1 Å². The van der Waals surface area contributed by atoms with E-state index in [0.29, 0.717) is 12.2 Å². The van der Waals surface area contributed by atoms with Gasteiger partial charge in [-0.1, -0.05) is 18.2 Å². The standard InChI is InChI=1S/C16H13NO3/c18-14-9-20-15-6-10-7-16(19)17(13(10)8-12(14)15)11-4-2-1-3-5-11/h1-6,8,14,18H,7,9H2. The van der Waals surface area contributed by atoms with Crippen LogP contribution in [0.25, 0.3) is 0 Å². The predicted molar refractivity (Wildman–Crippen MR) is 74.2 cm³/mol. The van der Waals surface area contributed by atoms with E-state index in [1.54, 1.807) is 4.90 Å². The third-order valence-electron chi connectivity index (χ3n) is 3.81. The first-order valence-corrected chi connectivity index (χ1v) is 6.60. The molecule has 1 N–H and O–H groups in total. The van der Waals surface area contributed by atoms with Gasteiger partial charge in [-0.3, -0.25) is 9.69 Å². The molecule has 0 spiro atoms. The van der Waals surface area contributed by atoms with Gasteiger partial charge in [0.1, 0.15) is 18.5 Å². The molecule has 0 aromatic heterocycles. The zero-order valence-corrected chi connectivity index (χ0v) is 10.7. The summed E-state index contributed by atoms with van der Waals surface area (Å²) in [6.45, 7) is 0.289. The van der Waals surface area contributed by atoms with E-state index in [1.807, 2.05) is 42.5 Å². The minimum atomic E-state index is -0.608. The van der Waals surface area contributed by atoms with Crippen molar-refractivity contribution in [3.8, 4) is 5.75 Å². The number of hydrogen-bond acceptors (Lipinski definition) is 3. The number of aliphatic hydroxyl groups is 1. The number of carbonyl (C=O) groups excluding carboxylic acids is 1. The highest BCUT2D eigenvalue weighted by atomic mass is 16.5. The van der Waals surface area contributed by atoms with Crippen LogP contribution in [0.5, 0.6) is 5.75 Å². The van der Waals surface area contributed by atoms with E-state index >= 15 is 0 Å². The zero-order chi connectivity index (χ0) is 13.7. The Labute approximate surface area is 116 Å². The molecule has 0 radical (unpaired) electrons. The van der Waals surface area contributed by atoms with Gasteiger partial charge in [-0.15, -0.1) is 0 Å². The molecule has 2 heterocycles. The van der Waals surface area contributed by atoms with Gasteiger partial charge in [-0.25, -0.2) is 0 Å². The Balaban J connectivity index is 1.86. The van der Waals surface area contributed by atoms with E-state index in [0.717, 1.165) is 22.5 Å². The monoisotopic (exact) mass is 267 g/mol. The Morgan fingerprint density at radius 3 is 2.80 bits per heavy atom. The van der Waals surface area contributed by atoms with Crippen LogP contribution in [-0.4, -0.2) is 17.6 Å². The van der Waals surface area contributed by atoms with Crippen molar-refractivity contribution >= 4 is 17.3 Å². The second-order valence-electron chi connectivity index (χ2n) is 5.09. The van der Waals surface area contributed by atoms with Crippen LogP contribution < -0.4 is 9.64 Å². The van der Waals surface area contributed by atoms with Crippen LogP contribution in [0.2, 0.25) is 0 Å². The maximum absolute atomic E-state index is 12.3. The average molecular weight is 267 g/mol. The minimum Gasteiger partial charge on any atom is -0.490 e. The summed E-state index contributed by atoms with van der Waals surface area (Å²) in [5.41, 5.74) is 3.42. The molecule has 1 unspecified atom stereocenters. The number of para-hydroxylation sites is 1. The fraction of sp³-hybridized carbons (Fsp3) is 0.188. The molecule has 20 heavy (non-hydrogen) atoms. The van der Waals surface area contributed by atoms with Crippen LogP contribution in [0.1, 0.15) is 17.2 Å². The van der Waals surface area contributed by atoms with Crippen molar-refractivity contribution in [2.75, 3.05) is 11.5 Å². The lowest BCUT2D eigenvalue weighted by molar-refractivity contribution is -0.116. The fourth-order valence-electron chi connectivity index (χ4n) is 2.86. The average Bonchev–Trinajstić information content (AvgIpc) is 2.97. The smallest absolute Gasteiger partial charge is 0.236 e. The van der Waals surface area contributed by atoms with Gasteiger partial charge in [0.2, 0.25) is 5.91 Å². The van der Waals surface area contributed by atoms with Crippen LogP contribution in [0.3, 0.4) is 0 Å². The van der Waals surface area contributed by atoms with Gasteiger partial charge >= 0.3 is 0 Å². The number of hydrogen-bond donors (Lipinski definition) is 1. The first-order chi connectivity index (χ1) is 9.74. The zero-order valence-electron chi connectivity index (χ0n) is 10.7. The van der Waals surface area contributed by atoms with E-state index in [9.17, 15) is 9.90 Å². The van der Waals surface area contributed by atoms with Crippen LogP contribution in [0.15, 0.2) is 42.5 Å². The summed E-state index contributed by atoms with van der Waals surface area (Å²) in [4.78, 5) is 14.0. The van der Waals surface area contributed by atoms with Gasteiger partial charge in [0, 0.05) is 11.3 Å². The maximum Gasteiger partial charge on any atom is 0.236 e. The highest BCUT2D eigenvalue weighted by molar-refractivity contribution is 6.07. The number of aliphatic hydroxyl groups excluding tert-OH is 1. The lowest BCUT2D eigenvalue weighted by Crippen LogP contribution is -2.20. The number of rotatable bonds is 1. The summed E-state index contributed by atoms with van der Waals surface area (Å²) in [5, 5.41) is 9.91. The van der Waals surface area contributed by atoms with Gasteiger partial charge in [0.15, 0.2) is 0 Å². The van der Waals surface area contributed by atoms with Crippen molar-refractivity contribution < 1.29 is 14.6 Å². The molecule has 4 nitrogen and oxygen atoms in total. The molecule has 2 aliphatic heterocycles. The molecule has 1 atom stereocenters. The third kappa shape index (κ3) is 1.55. The second-order valence-corrected chi connectivity index (χ2v) is 5.09. The normalized spacial score (nSPS) is 19.8. The molecule has 0 bridgehead atoms. The summed E-state index contributed by atoms with van der Waals surface area (Å²) in [6.07, 6.45) is -0.236. The van der Waals surface area contributed by atoms with Crippen molar-refractivity contribution in [3.05, 3.63) is 53.6 Å². The summed E-state index contributed by atoms with van der Waals surface area (Å²) in [6, 6.07) is 13.3. The molecule has 0 aliphatic carbocycles.